The maximum absolute atomic E-state index is 12.1. The van der Waals surface area contributed by atoms with E-state index in [9.17, 15) is 4.79 Å². The number of hydrogen-bond acceptors (Lipinski definition) is 5. The van der Waals surface area contributed by atoms with Crippen molar-refractivity contribution >= 4 is 28.6 Å². The van der Waals surface area contributed by atoms with Crippen LogP contribution in [0.4, 0.5) is 0 Å². The maximum Gasteiger partial charge on any atom is 0.289 e. The average Bonchev–Trinajstić information content (AvgIpc) is 3.19. The molecule has 0 aromatic carbocycles. The minimum atomic E-state index is -0.138. The minimum absolute atomic E-state index is 0.138. The van der Waals surface area contributed by atoms with E-state index in [1.54, 1.807) is 47.0 Å². The van der Waals surface area contributed by atoms with Gasteiger partial charge in [-0.3, -0.25) is 4.79 Å². The predicted octanol–water partition coefficient (Wildman–Crippen LogP) is 2.87. The third-order valence-electron chi connectivity index (χ3n) is 2.73. The van der Waals surface area contributed by atoms with Crippen LogP contribution in [0.3, 0.4) is 0 Å². The minimum Gasteiger partial charge on any atom is -0.341 e. The third kappa shape index (κ3) is 2.63. The first-order valence-corrected chi connectivity index (χ1v) is 7.73. The van der Waals surface area contributed by atoms with Gasteiger partial charge in [0, 0.05) is 24.8 Å². The third-order valence-corrected chi connectivity index (χ3v) is 4.66. The molecule has 20 heavy (non-hydrogen) atoms. The van der Waals surface area contributed by atoms with E-state index >= 15 is 0 Å². The van der Waals surface area contributed by atoms with Gasteiger partial charge in [-0.05, 0) is 11.4 Å². The Morgan fingerprint density at radius 3 is 3.05 bits per heavy atom. The van der Waals surface area contributed by atoms with E-state index in [-0.39, 0.29) is 5.91 Å². The maximum atomic E-state index is 12.1. The SMILES string of the molecule is CN(Cc1csc(-c2cccs2)n1)C(=O)c1ncc[nH]1. The van der Waals surface area contributed by atoms with E-state index in [1.807, 2.05) is 22.9 Å². The number of imidazole rings is 1. The van der Waals surface area contributed by atoms with E-state index in [2.05, 4.69) is 15.0 Å². The van der Waals surface area contributed by atoms with Crippen LogP contribution in [0, 0.1) is 0 Å². The van der Waals surface area contributed by atoms with Gasteiger partial charge < -0.3 is 9.88 Å². The summed E-state index contributed by atoms with van der Waals surface area (Å²) in [5.74, 6) is 0.210. The molecule has 0 aliphatic rings. The van der Waals surface area contributed by atoms with Gasteiger partial charge in [0.2, 0.25) is 0 Å². The molecule has 0 aliphatic carbocycles. The van der Waals surface area contributed by atoms with Gasteiger partial charge in [0.05, 0.1) is 17.1 Å². The molecule has 0 bridgehead atoms. The van der Waals surface area contributed by atoms with Crippen molar-refractivity contribution in [3.05, 3.63) is 46.8 Å². The zero-order valence-electron chi connectivity index (χ0n) is 10.7. The lowest BCUT2D eigenvalue weighted by Crippen LogP contribution is -2.27. The lowest BCUT2D eigenvalue weighted by Gasteiger charge is -2.13. The summed E-state index contributed by atoms with van der Waals surface area (Å²) >= 11 is 3.26. The van der Waals surface area contributed by atoms with Crippen LogP contribution in [0.2, 0.25) is 0 Å². The van der Waals surface area contributed by atoms with Crippen molar-refractivity contribution in [2.75, 3.05) is 7.05 Å². The van der Waals surface area contributed by atoms with Crippen LogP contribution in [0.1, 0.15) is 16.3 Å². The average molecular weight is 304 g/mol. The summed E-state index contributed by atoms with van der Waals surface area (Å²) in [5.41, 5.74) is 0.890. The Labute approximate surface area is 123 Å². The molecule has 1 N–H and O–H groups in total. The molecule has 0 radical (unpaired) electrons. The summed E-state index contributed by atoms with van der Waals surface area (Å²) in [6, 6.07) is 4.05. The number of carbonyl (C=O) groups is 1. The van der Waals surface area contributed by atoms with Gasteiger partial charge >= 0.3 is 0 Å². The highest BCUT2D eigenvalue weighted by Gasteiger charge is 2.15. The van der Waals surface area contributed by atoms with Gasteiger partial charge in [-0.25, -0.2) is 9.97 Å². The number of hydrogen-bond donors (Lipinski definition) is 1. The second-order valence-electron chi connectivity index (χ2n) is 4.22. The summed E-state index contributed by atoms with van der Waals surface area (Å²) in [5, 5.41) is 5.01. The highest BCUT2D eigenvalue weighted by atomic mass is 32.1. The lowest BCUT2D eigenvalue weighted by atomic mass is 10.4. The van der Waals surface area contributed by atoms with Crippen molar-refractivity contribution in [2.45, 2.75) is 6.54 Å². The first-order chi connectivity index (χ1) is 9.74. The Balaban J connectivity index is 1.70. The summed E-state index contributed by atoms with van der Waals surface area (Å²) < 4.78 is 0. The summed E-state index contributed by atoms with van der Waals surface area (Å²) in [4.78, 5) is 26.1. The molecule has 0 fully saturated rings. The molecule has 3 aromatic heterocycles. The van der Waals surface area contributed by atoms with Crippen molar-refractivity contribution in [3.8, 4) is 9.88 Å². The molecule has 0 saturated carbocycles. The largest absolute Gasteiger partial charge is 0.341 e. The Hall–Kier alpha value is -1.99. The number of aromatic nitrogens is 3. The normalized spacial score (nSPS) is 10.7. The first kappa shape index (κ1) is 13.0. The van der Waals surface area contributed by atoms with Crippen molar-refractivity contribution in [2.24, 2.45) is 0 Å². The number of rotatable bonds is 4. The second kappa shape index (κ2) is 5.56. The van der Waals surface area contributed by atoms with Gasteiger partial charge in [0.15, 0.2) is 5.82 Å². The predicted molar refractivity (Wildman–Crippen MR) is 79.8 cm³/mol. The van der Waals surface area contributed by atoms with Gasteiger partial charge in [-0.2, -0.15) is 0 Å². The van der Waals surface area contributed by atoms with Crippen LogP contribution in [0.15, 0.2) is 35.3 Å². The Bertz CT molecular complexity index is 688. The lowest BCUT2D eigenvalue weighted by molar-refractivity contribution is 0.0772. The molecular weight excluding hydrogens is 292 g/mol. The molecular formula is C13H12N4OS2. The molecule has 0 spiro atoms. The standard InChI is InChI=1S/C13H12N4OS2/c1-17(13(18)11-14-4-5-15-11)7-9-8-20-12(16-9)10-3-2-6-19-10/h2-6,8H,7H2,1H3,(H,14,15). The second-order valence-corrected chi connectivity index (χ2v) is 6.03. The summed E-state index contributed by atoms with van der Waals surface area (Å²) in [6.45, 7) is 0.474. The molecule has 3 aromatic rings. The van der Waals surface area contributed by atoms with E-state index < -0.39 is 0 Å². The van der Waals surface area contributed by atoms with Crippen LogP contribution < -0.4 is 0 Å². The van der Waals surface area contributed by atoms with Gasteiger partial charge in [0.25, 0.3) is 5.91 Å². The number of nitrogens with one attached hydrogen (secondary N) is 1. The first-order valence-electron chi connectivity index (χ1n) is 5.97. The van der Waals surface area contributed by atoms with Crippen LogP contribution in [0.5, 0.6) is 0 Å². The molecule has 0 aliphatic heterocycles. The number of thiophene rings is 1. The van der Waals surface area contributed by atoms with Crippen LogP contribution in [-0.4, -0.2) is 32.8 Å². The van der Waals surface area contributed by atoms with Crippen molar-refractivity contribution in [1.29, 1.82) is 0 Å². The fourth-order valence-corrected chi connectivity index (χ4v) is 3.40. The van der Waals surface area contributed by atoms with E-state index in [0.29, 0.717) is 12.4 Å². The Kier molecular flexibility index (Phi) is 3.62. The molecule has 102 valence electrons. The zero-order valence-corrected chi connectivity index (χ0v) is 12.4. The fourth-order valence-electron chi connectivity index (χ4n) is 1.77. The summed E-state index contributed by atoms with van der Waals surface area (Å²) in [6.07, 6.45) is 3.21. The smallest absolute Gasteiger partial charge is 0.289 e. The highest BCUT2D eigenvalue weighted by Crippen LogP contribution is 2.28. The molecule has 7 heteroatoms. The number of aromatic amines is 1. The van der Waals surface area contributed by atoms with E-state index in [1.165, 1.54) is 0 Å². The Morgan fingerprint density at radius 2 is 2.35 bits per heavy atom. The number of nitrogens with zero attached hydrogens (tertiary/aromatic N) is 3. The molecule has 0 atom stereocenters. The molecule has 0 saturated heterocycles. The van der Waals surface area contributed by atoms with E-state index in [4.69, 9.17) is 0 Å². The molecule has 3 heterocycles. The van der Waals surface area contributed by atoms with Crippen molar-refractivity contribution in [3.63, 3.8) is 0 Å². The molecule has 5 nitrogen and oxygen atoms in total. The highest BCUT2D eigenvalue weighted by molar-refractivity contribution is 7.20. The monoisotopic (exact) mass is 304 g/mol. The van der Waals surface area contributed by atoms with Crippen LogP contribution in [0.25, 0.3) is 9.88 Å². The van der Waals surface area contributed by atoms with Crippen molar-refractivity contribution < 1.29 is 4.79 Å². The summed E-state index contributed by atoms with van der Waals surface area (Å²) in [7, 11) is 1.75. The molecule has 3 rings (SSSR count). The van der Waals surface area contributed by atoms with E-state index in [0.717, 1.165) is 15.6 Å². The van der Waals surface area contributed by atoms with Gasteiger partial charge in [-0.15, -0.1) is 22.7 Å². The number of carbonyl (C=O) groups excluding carboxylic acids is 1. The molecule has 0 unspecified atom stereocenters. The van der Waals surface area contributed by atoms with Crippen LogP contribution in [-0.2, 0) is 6.54 Å². The number of thiazole rings is 1. The van der Waals surface area contributed by atoms with Crippen molar-refractivity contribution in [1.82, 2.24) is 19.9 Å². The van der Waals surface area contributed by atoms with Gasteiger partial charge in [0.1, 0.15) is 5.01 Å². The fraction of sp³-hybridized carbons (Fsp3) is 0.154. The molecule has 1 amide bonds. The topological polar surface area (TPSA) is 61.9 Å². The number of H-pyrrole nitrogens is 1. The van der Waals surface area contributed by atoms with Gasteiger partial charge in [-0.1, -0.05) is 6.07 Å². The number of amides is 1. The Morgan fingerprint density at radius 1 is 1.45 bits per heavy atom. The zero-order chi connectivity index (χ0) is 13.9. The quantitative estimate of drug-likeness (QED) is 0.806. The van der Waals surface area contributed by atoms with Crippen LogP contribution >= 0.6 is 22.7 Å².